The van der Waals surface area contributed by atoms with Crippen LogP contribution in [-0.4, -0.2) is 48.6 Å². The summed E-state index contributed by atoms with van der Waals surface area (Å²) in [7, 11) is 0. The van der Waals surface area contributed by atoms with Crippen LogP contribution in [-0.2, 0) is 4.79 Å². The van der Waals surface area contributed by atoms with Gasteiger partial charge in [0.2, 0.25) is 5.91 Å². The summed E-state index contributed by atoms with van der Waals surface area (Å²) in [6.07, 6.45) is 7.26. The third kappa shape index (κ3) is 4.14. The SMILES string of the molecule is O=C(/C=C/C1=Cc2cc(Cl)ccc2OC1)N1CCN(c2ccccn2)CC1. The van der Waals surface area contributed by atoms with Crippen molar-refractivity contribution in [2.24, 2.45) is 0 Å². The summed E-state index contributed by atoms with van der Waals surface area (Å²) in [4.78, 5) is 20.9. The van der Waals surface area contributed by atoms with Crippen LogP contribution in [0.4, 0.5) is 5.82 Å². The second-order valence-electron chi connectivity index (χ2n) is 6.52. The quantitative estimate of drug-likeness (QED) is 0.764. The van der Waals surface area contributed by atoms with Crippen LogP contribution in [0.5, 0.6) is 5.75 Å². The van der Waals surface area contributed by atoms with Gasteiger partial charge in [-0.2, -0.15) is 0 Å². The Hall–Kier alpha value is -2.79. The van der Waals surface area contributed by atoms with Gasteiger partial charge in [0.15, 0.2) is 0 Å². The number of piperazine rings is 1. The number of fused-ring (bicyclic) bond motifs is 1. The Bertz CT molecular complexity index is 888. The smallest absolute Gasteiger partial charge is 0.246 e. The zero-order chi connectivity index (χ0) is 18.6. The zero-order valence-electron chi connectivity index (χ0n) is 14.8. The minimum absolute atomic E-state index is 0.0217. The number of carbonyl (C=O) groups is 1. The summed E-state index contributed by atoms with van der Waals surface area (Å²) in [6, 6.07) is 11.4. The van der Waals surface area contributed by atoms with E-state index in [4.69, 9.17) is 16.3 Å². The van der Waals surface area contributed by atoms with Crippen LogP contribution in [0.15, 0.2) is 60.3 Å². The number of aromatic nitrogens is 1. The summed E-state index contributed by atoms with van der Waals surface area (Å²) in [5.74, 6) is 1.80. The van der Waals surface area contributed by atoms with Gasteiger partial charge in [0, 0.05) is 49.0 Å². The average molecular weight is 382 g/mol. The topological polar surface area (TPSA) is 45.7 Å². The van der Waals surface area contributed by atoms with E-state index in [0.717, 1.165) is 35.8 Å². The van der Waals surface area contributed by atoms with Gasteiger partial charge in [0.05, 0.1) is 0 Å². The summed E-state index contributed by atoms with van der Waals surface area (Å²) >= 11 is 6.04. The van der Waals surface area contributed by atoms with Crippen LogP contribution < -0.4 is 9.64 Å². The highest BCUT2D eigenvalue weighted by Crippen LogP contribution is 2.29. The molecule has 1 fully saturated rings. The lowest BCUT2D eigenvalue weighted by Gasteiger charge is -2.34. The first-order chi connectivity index (χ1) is 13.2. The Balaban J connectivity index is 1.36. The van der Waals surface area contributed by atoms with E-state index in [9.17, 15) is 4.79 Å². The Morgan fingerprint density at radius 1 is 1.15 bits per heavy atom. The maximum Gasteiger partial charge on any atom is 0.246 e. The van der Waals surface area contributed by atoms with Gasteiger partial charge in [-0.1, -0.05) is 23.7 Å². The molecule has 1 amide bonds. The maximum absolute atomic E-state index is 12.5. The number of rotatable bonds is 3. The number of benzene rings is 1. The molecule has 0 radical (unpaired) electrons. The first-order valence-corrected chi connectivity index (χ1v) is 9.33. The van der Waals surface area contributed by atoms with Gasteiger partial charge in [-0.25, -0.2) is 4.98 Å². The van der Waals surface area contributed by atoms with Crippen molar-refractivity contribution in [1.82, 2.24) is 9.88 Å². The van der Waals surface area contributed by atoms with E-state index in [-0.39, 0.29) is 5.91 Å². The maximum atomic E-state index is 12.5. The van der Waals surface area contributed by atoms with Crippen molar-refractivity contribution in [3.63, 3.8) is 0 Å². The molecule has 4 rings (SSSR count). The molecule has 0 saturated carbocycles. The molecular weight excluding hydrogens is 362 g/mol. The summed E-state index contributed by atoms with van der Waals surface area (Å²) < 4.78 is 5.72. The zero-order valence-corrected chi connectivity index (χ0v) is 15.6. The van der Waals surface area contributed by atoms with E-state index in [0.29, 0.717) is 24.7 Å². The Morgan fingerprint density at radius 2 is 2.00 bits per heavy atom. The highest BCUT2D eigenvalue weighted by atomic mass is 35.5. The first-order valence-electron chi connectivity index (χ1n) is 8.95. The number of hydrogen-bond donors (Lipinski definition) is 0. The molecule has 1 saturated heterocycles. The third-order valence-electron chi connectivity index (χ3n) is 4.71. The number of anilines is 1. The molecule has 2 aromatic rings. The van der Waals surface area contributed by atoms with Crippen molar-refractivity contribution in [3.05, 3.63) is 70.9 Å². The largest absolute Gasteiger partial charge is 0.488 e. The van der Waals surface area contributed by atoms with E-state index < -0.39 is 0 Å². The Labute approximate surface area is 163 Å². The van der Waals surface area contributed by atoms with E-state index >= 15 is 0 Å². The van der Waals surface area contributed by atoms with Crippen molar-refractivity contribution in [2.75, 3.05) is 37.7 Å². The standard InChI is InChI=1S/C21H20ClN3O2/c22-18-5-6-19-17(14-18)13-16(15-27-19)4-7-21(26)25-11-9-24(10-12-25)20-3-1-2-8-23-20/h1-8,13-14H,9-12,15H2/b7-4+. The molecule has 0 bridgehead atoms. The van der Waals surface area contributed by atoms with E-state index in [1.165, 1.54) is 0 Å². The molecule has 0 spiro atoms. The van der Waals surface area contributed by atoms with Gasteiger partial charge in [-0.3, -0.25) is 4.79 Å². The number of carbonyl (C=O) groups excluding carboxylic acids is 1. The lowest BCUT2D eigenvalue weighted by molar-refractivity contribution is -0.126. The van der Waals surface area contributed by atoms with Crippen LogP contribution in [0.1, 0.15) is 5.56 Å². The first kappa shape index (κ1) is 17.6. The van der Waals surface area contributed by atoms with Crippen LogP contribution >= 0.6 is 11.6 Å². The lowest BCUT2D eigenvalue weighted by Crippen LogP contribution is -2.48. The fraction of sp³-hybridized carbons (Fsp3) is 0.238. The summed E-state index contributed by atoms with van der Waals surface area (Å²) in [5.41, 5.74) is 1.88. The van der Waals surface area contributed by atoms with Gasteiger partial charge in [-0.05, 0) is 42.0 Å². The van der Waals surface area contributed by atoms with Crippen molar-refractivity contribution in [2.45, 2.75) is 0 Å². The molecule has 0 N–H and O–H groups in total. The molecule has 2 aliphatic rings. The molecule has 0 atom stereocenters. The van der Waals surface area contributed by atoms with E-state index in [2.05, 4.69) is 9.88 Å². The average Bonchev–Trinajstić information content (AvgIpc) is 2.72. The van der Waals surface area contributed by atoms with E-state index in [1.807, 2.05) is 53.5 Å². The summed E-state index contributed by atoms with van der Waals surface area (Å²) in [5, 5.41) is 0.667. The number of pyridine rings is 1. The second kappa shape index (κ2) is 7.84. The van der Waals surface area contributed by atoms with Crippen molar-refractivity contribution >= 4 is 29.4 Å². The van der Waals surface area contributed by atoms with Gasteiger partial charge in [-0.15, -0.1) is 0 Å². The van der Waals surface area contributed by atoms with Crippen LogP contribution in [0.25, 0.3) is 6.08 Å². The predicted molar refractivity (Wildman–Crippen MR) is 107 cm³/mol. The minimum Gasteiger partial charge on any atom is -0.488 e. The number of ether oxygens (including phenoxy) is 1. The van der Waals surface area contributed by atoms with Gasteiger partial charge in [0.25, 0.3) is 0 Å². The third-order valence-corrected chi connectivity index (χ3v) is 4.95. The molecule has 27 heavy (non-hydrogen) atoms. The van der Waals surface area contributed by atoms with Crippen LogP contribution in [0, 0.1) is 0 Å². The molecule has 0 aliphatic carbocycles. The minimum atomic E-state index is 0.0217. The molecule has 5 nitrogen and oxygen atoms in total. The fourth-order valence-electron chi connectivity index (χ4n) is 3.24. The lowest BCUT2D eigenvalue weighted by atomic mass is 10.1. The molecule has 6 heteroatoms. The Kier molecular flexibility index (Phi) is 5.12. The number of amides is 1. The van der Waals surface area contributed by atoms with Crippen molar-refractivity contribution in [3.8, 4) is 5.75 Å². The Morgan fingerprint density at radius 3 is 2.78 bits per heavy atom. The molecule has 0 unspecified atom stereocenters. The second-order valence-corrected chi connectivity index (χ2v) is 6.96. The molecular formula is C21H20ClN3O2. The highest BCUT2D eigenvalue weighted by Gasteiger charge is 2.20. The molecule has 138 valence electrons. The molecule has 2 aliphatic heterocycles. The number of nitrogens with zero attached hydrogens (tertiary/aromatic N) is 3. The normalized spacial score (nSPS) is 16.7. The predicted octanol–water partition coefficient (Wildman–Crippen LogP) is 3.42. The molecule has 3 heterocycles. The van der Waals surface area contributed by atoms with Gasteiger partial charge in [0.1, 0.15) is 18.2 Å². The monoisotopic (exact) mass is 381 g/mol. The van der Waals surface area contributed by atoms with Crippen LogP contribution in [0.2, 0.25) is 5.02 Å². The fourth-order valence-corrected chi connectivity index (χ4v) is 3.42. The molecule has 1 aromatic carbocycles. The molecule has 1 aromatic heterocycles. The van der Waals surface area contributed by atoms with Gasteiger partial charge < -0.3 is 14.5 Å². The van der Waals surface area contributed by atoms with Crippen molar-refractivity contribution in [1.29, 1.82) is 0 Å². The highest BCUT2D eigenvalue weighted by molar-refractivity contribution is 6.30. The van der Waals surface area contributed by atoms with Gasteiger partial charge >= 0.3 is 0 Å². The number of halogens is 1. The number of hydrogen-bond acceptors (Lipinski definition) is 4. The van der Waals surface area contributed by atoms with E-state index in [1.54, 1.807) is 12.3 Å². The van der Waals surface area contributed by atoms with Crippen LogP contribution in [0.3, 0.4) is 0 Å². The summed E-state index contributed by atoms with van der Waals surface area (Å²) in [6.45, 7) is 3.40. The van der Waals surface area contributed by atoms with Crippen molar-refractivity contribution < 1.29 is 9.53 Å².